The van der Waals surface area contributed by atoms with E-state index in [1.54, 1.807) is 0 Å². The molecule has 4 heterocycles. The van der Waals surface area contributed by atoms with Gasteiger partial charge in [-0.2, -0.15) is 0 Å². The van der Waals surface area contributed by atoms with Gasteiger partial charge in [-0.25, -0.2) is 0 Å². The number of ether oxygens (including phenoxy) is 4. The largest absolute Gasteiger partial charge is 0.459 e. The van der Waals surface area contributed by atoms with Gasteiger partial charge in [0.15, 0.2) is 8.32 Å². The zero-order chi connectivity index (χ0) is 21.9. The first-order valence-corrected chi connectivity index (χ1v) is 14.6. The SMILES string of the molecule is C[C@H]1O[C@H]2C[C@H]3O[C@@]4(C)CCC(=O)O[C@@H]4CC[C@@H]3O[C@@H]2C[C@@H]1O[Si](C)(C)C(C)(C)C. The topological polar surface area (TPSA) is 63.2 Å². The van der Waals surface area contributed by atoms with Crippen molar-refractivity contribution in [3.8, 4) is 0 Å². The van der Waals surface area contributed by atoms with Crippen molar-refractivity contribution in [1.82, 2.24) is 0 Å². The molecule has 0 saturated carbocycles. The fourth-order valence-electron chi connectivity index (χ4n) is 5.16. The summed E-state index contributed by atoms with van der Waals surface area (Å²) in [5.41, 5.74) is -0.419. The molecule has 0 N–H and O–H groups in total. The molecule has 0 unspecified atom stereocenters. The Bertz CT molecular complexity index is 661. The highest BCUT2D eigenvalue weighted by atomic mass is 28.4. The van der Waals surface area contributed by atoms with Crippen LogP contribution in [0.15, 0.2) is 0 Å². The summed E-state index contributed by atoms with van der Waals surface area (Å²) < 4.78 is 32.0. The van der Waals surface area contributed by atoms with Crippen molar-refractivity contribution in [3.05, 3.63) is 0 Å². The molecule has 0 aliphatic carbocycles. The zero-order valence-electron chi connectivity index (χ0n) is 19.7. The highest BCUT2D eigenvalue weighted by Crippen LogP contribution is 2.44. The Morgan fingerprint density at radius 1 is 1.03 bits per heavy atom. The molecule has 0 aromatic rings. The molecule has 7 heteroatoms. The van der Waals surface area contributed by atoms with Gasteiger partial charge in [-0.3, -0.25) is 4.79 Å². The monoisotopic (exact) mass is 440 g/mol. The van der Waals surface area contributed by atoms with Crippen molar-refractivity contribution in [2.45, 2.75) is 140 Å². The maximum atomic E-state index is 11.8. The van der Waals surface area contributed by atoms with Crippen molar-refractivity contribution in [2.75, 3.05) is 0 Å². The normalized spacial score (nSPS) is 44.9. The van der Waals surface area contributed by atoms with Crippen molar-refractivity contribution in [1.29, 1.82) is 0 Å². The van der Waals surface area contributed by atoms with Crippen molar-refractivity contribution >= 4 is 14.3 Å². The Labute approximate surface area is 182 Å². The van der Waals surface area contributed by atoms with E-state index in [0.717, 1.165) is 25.7 Å². The van der Waals surface area contributed by atoms with Gasteiger partial charge in [-0.05, 0) is 51.2 Å². The molecule has 0 aromatic carbocycles. The molecule has 8 atom stereocenters. The fourth-order valence-corrected chi connectivity index (χ4v) is 6.56. The van der Waals surface area contributed by atoms with Crippen LogP contribution in [0.4, 0.5) is 0 Å². The van der Waals surface area contributed by atoms with E-state index >= 15 is 0 Å². The Balaban J connectivity index is 1.45. The highest BCUT2D eigenvalue weighted by Gasteiger charge is 2.53. The number of rotatable bonds is 2. The summed E-state index contributed by atoms with van der Waals surface area (Å²) in [5.74, 6) is -0.108. The molecule has 0 radical (unpaired) electrons. The molecule has 0 aromatic heterocycles. The van der Waals surface area contributed by atoms with Crippen LogP contribution in [0.25, 0.3) is 0 Å². The number of carbonyl (C=O) groups excluding carboxylic acids is 1. The van der Waals surface area contributed by atoms with E-state index in [1.165, 1.54) is 0 Å². The van der Waals surface area contributed by atoms with Gasteiger partial charge in [0.2, 0.25) is 0 Å². The van der Waals surface area contributed by atoms with E-state index in [-0.39, 0.29) is 53.7 Å². The van der Waals surface area contributed by atoms with E-state index in [9.17, 15) is 4.79 Å². The third kappa shape index (κ3) is 4.25. The number of carbonyl (C=O) groups is 1. The van der Waals surface area contributed by atoms with Gasteiger partial charge >= 0.3 is 5.97 Å². The van der Waals surface area contributed by atoms with Gasteiger partial charge < -0.3 is 23.4 Å². The molecule has 30 heavy (non-hydrogen) atoms. The first-order chi connectivity index (χ1) is 13.9. The van der Waals surface area contributed by atoms with Crippen LogP contribution >= 0.6 is 0 Å². The van der Waals surface area contributed by atoms with E-state index in [1.807, 2.05) is 0 Å². The van der Waals surface area contributed by atoms with Crippen LogP contribution in [0.5, 0.6) is 0 Å². The first-order valence-electron chi connectivity index (χ1n) is 11.7. The summed E-state index contributed by atoms with van der Waals surface area (Å²) in [4.78, 5) is 11.8. The molecular formula is C23H40O6Si. The lowest BCUT2D eigenvalue weighted by molar-refractivity contribution is -0.263. The molecule has 4 saturated heterocycles. The molecule has 0 bridgehead atoms. The van der Waals surface area contributed by atoms with E-state index in [0.29, 0.717) is 12.8 Å². The van der Waals surface area contributed by atoms with Crippen LogP contribution < -0.4 is 0 Å². The summed E-state index contributed by atoms with van der Waals surface area (Å²) in [7, 11) is -1.88. The number of hydrogen-bond acceptors (Lipinski definition) is 6. The Morgan fingerprint density at radius 2 is 1.73 bits per heavy atom. The van der Waals surface area contributed by atoms with Crippen molar-refractivity contribution in [3.63, 3.8) is 0 Å². The summed E-state index contributed by atoms with van der Waals surface area (Å²) >= 11 is 0. The van der Waals surface area contributed by atoms with E-state index in [4.69, 9.17) is 23.4 Å². The third-order valence-electron chi connectivity index (χ3n) is 8.19. The number of fused-ring (bicyclic) bond motifs is 3. The van der Waals surface area contributed by atoms with Gasteiger partial charge in [0.05, 0.1) is 36.6 Å². The summed E-state index contributed by atoms with van der Waals surface area (Å²) in [5, 5.41) is 0.167. The molecule has 0 amide bonds. The van der Waals surface area contributed by atoms with Gasteiger partial charge in [-0.15, -0.1) is 0 Å². The molecule has 4 aliphatic heterocycles. The lowest BCUT2D eigenvalue weighted by Crippen LogP contribution is -2.59. The molecular weight excluding hydrogens is 400 g/mol. The molecule has 4 rings (SSSR count). The Kier molecular flexibility index (Phi) is 5.93. The van der Waals surface area contributed by atoms with Gasteiger partial charge in [0.25, 0.3) is 0 Å². The van der Waals surface area contributed by atoms with Crippen LogP contribution in [0, 0.1) is 0 Å². The van der Waals surface area contributed by atoms with Gasteiger partial charge in [0.1, 0.15) is 11.7 Å². The third-order valence-corrected chi connectivity index (χ3v) is 12.7. The maximum absolute atomic E-state index is 11.8. The maximum Gasteiger partial charge on any atom is 0.306 e. The second kappa shape index (κ2) is 7.83. The molecule has 172 valence electrons. The second-order valence-electron chi connectivity index (χ2n) is 11.5. The molecule has 6 nitrogen and oxygen atoms in total. The van der Waals surface area contributed by atoms with Crippen molar-refractivity contribution < 1.29 is 28.2 Å². The quantitative estimate of drug-likeness (QED) is 0.470. The Hall–Kier alpha value is -0.473. The molecule has 0 spiro atoms. The first kappa shape index (κ1) is 22.7. The summed E-state index contributed by atoms with van der Waals surface area (Å²) in [6.07, 6.45) is 4.52. The lowest BCUT2D eigenvalue weighted by Gasteiger charge is -2.50. The van der Waals surface area contributed by atoms with E-state index < -0.39 is 13.9 Å². The average molecular weight is 441 g/mol. The van der Waals surface area contributed by atoms with Crippen LogP contribution in [0.1, 0.15) is 73.1 Å². The highest BCUT2D eigenvalue weighted by molar-refractivity contribution is 6.74. The minimum atomic E-state index is -1.88. The molecule has 4 aliphatic rings. The van der Waals surface area contributed by atoms with Crippen LogP contribution in [-0.4, -0.2) is 62.6 Å². The Morgan fingerprint density at radius 3 is 2.43 bits per heavy atom. The zero-order valence-corrected chi connectivity index (χ0v) is 20.7. The smallest absolute Gasteiger partial charge is 0.306 e. The van der Waals surface area contributed by atoms with Crippen LogP contribution in [-0.2, 0) is 28.2 Å². The molecule has 4 fully saturated rings. The predicted molar refractivity (Wildman–Crippen MR) is 116 cm³/mol. The van der Waals surface area contributed by atoms with Crippen LogP contribution in [0.3, 0.4) is 0 Å². The second-order valence-corrected chi connectivity index (χ2v) is 16.3. The summed E-state index contributed by atoms with van der Waals surface area (Å²) in [6.45, 7) is 15.6. The van der Waals surface area contributed by atoms with Gasteiger partial charge in [-0.1, -0.05) is 20.8 Å². The summed E-state index contributed by atoms with van der Waals surface area (Å²) in [6, 6.07) is 0. The fraction of sp³-hybridized carbons (Fsp3) is 0.957. The van der Waals surface area contributed by atoms with Gasteiger partial charge in [0, 0.05) is 19.3 Å². The number of hydrogen-bond donors (Lipinski definition) is 0. The van der Waals surface area contributed by atoms with E-state index in [2.05, 4.69) is 47.7 Å². The number of esters is 1. The van der Waals surface area contributed by atoms with Crippen LogP contribution in [0.2, 0.25) is 18.1 Å². The van der Waals surface area contributed by atoms with Crippen molar-refractivity contribution in [2.24, 2.45) is 0 Å². The standard InChI is InChI=1S/C23H40O6Si/c1-14-16(29-30(6,7)22(2,3)4)12-18-17(25-14)13-19-15(26-18)8-9-20-23(5,28-19)11-10-21(24)27-20/h14-20H,8-13H2,1-7H3/t14-,15+,16+,17+,18-,19-,20-,23+/m1/s1. The minimum Gasteiger partial charge on any atom is -0.459 e. The lowest BCUT2D eigenvalue weighted by atomic mass is 9.88. The predicted octanol–water partition coefficient (Wildman–Crippen LogP) is 4.36. The minimum absolute atomic E-state index is 0.0110. The average Bonchev–Trinajstić information content (AvgIpc) is 2.76.